The molecule has 0 saturated carbocycles. The average Bonchev–Trinajstić information content (AvgIpc) is 2.81. The number of rotatable bonds is 9. The number of carbonyl (C=O) groups excluding carboxylic acids is 2. The number of halogens is 1. The van der Waals surface area contributed by atoms with Gasteiger partial charge >= 0.3 is 0 Å². The van der Waals surface area contributed by atoms with Crippen LogP contribution in [0.15, 0.2) is 79.0 Å². The molecule has 1 aromatic heterocycles. The van der Waals surface area contributed by atoms with Gasteiger partial charge in [-0.2, -0.15) is 0 Å². The van der Waals surface area contributed by atoms with Crippen molar-refractivity contribution in [3.63, 3.8) is 0 Å². The van der Waals surface area contributed by atoms with Gasteiger partial charge in [0.25, 0.3) is 5.91 Å². The third-order valence-electron chi connectivity index (χ3n) is 4.72. The third kappa shape index (κ3) is 6.55. The van der Waals surface area contributed by atoms with E-state index in [-0.39, 0.29) is 31.5 Å². The van der Waals surface area contributed by atoms with Crippen LogP contribution in [-0.2, 0) is 22.7 Å². The summed E-state index contributed by atoms with van der Waals surface area (Å²) in [7, 11) is 0. The number of ether oxygens (including phenoxy) is 1. The number of hydrogen-bond donors (Lipinski definition) is 1. The molecular weight excluding hydrogens is 414 g/mol. The molecule has 0 spiro atoms. The number of nitrogens with one attached hydrogen (secondary N) is 1. The minimum absolute atomic E-state index is 0.228. The molecule has 2 aromatic carbocycles. The van der Waals surface area contributed by atoms with Gasteiger partial charge in [-0.1, -0.05) is 60.1 Å². The maximum Gasteiger partial charge on any atom is 0.261 e. The van der Waals surface area contributed by atoms with E-state index in [9.17, 15) is 9.59 Å². The fraction of sp³-hybridized carbons (Fsp3) is 0.208. The molecule has 0 saturated heterocycles. The monoisotopic (exact) mass is 437 g/mol. The first kappa shape index (κ1) is 22.3. The zero-order valence-electron chi connectivity index (χ0n) is 17.2. The molecule has 6 nitrogen and oxygen atoms in total. The van der Waals surface area contributed by atoms with E-state index in [1.807, 2.05) is 48.5 Å². The second kappa shape index (κ2) is 11.1. The summed E-state index contributed by atoms with van der Waals surface area (Å²) in [5.41, 5.74) is 1.66. The standard InChI is InChI=1S/C24H24ClN3O3/c1-18(24(30)27-15-20-11-7-8-14-26-20)28(16-19-9-3-2-4-10-19)23(29)17-31-22-13-6-5-12-21(22)25/h2-14,18H,15-17H2,1H3,(H,27,30). The number of aromatic nitrogens is 1. The van der Waals surface area contributed by atoms with Crippen molar-refractivity contribution in [1.29, 1.82) is 0 Å². The Morgan fingerprint density at radius 1 is 1.03 bits per heavy atom. The predicted octanol–water partition coefficient (Wildman–Crippen LogP) is 3.85. The highest BCUT2D eigenvalue weighted by molar-refractivity contribution is 6.32. The van der Waals surface area contributed by atoms with Crippen LogP contribution in [0.25, 0.3) is 0 Å². The zero-order valence-corrected chi connectivity index (χ0v) is 18.0. The second-order valence-corrected chi connectivity index (χ2v) is 7.35. The molecular formula is C24H24ClN3O3. The molecule has 1 heterocycles. The summed E-state index contributed by atoms with van der Waals surface area (Å²) in [6, 6.07) is 21.3. The molecule has 0 bridgehead atoms. The summed E-state index contributed by atoms with van der Waals surface area (Å²) < 4.78 is 5.61. The summed E-state index contributed by atoms with van der Waals surface area (Å²) in [5, 5.41) is 3.27. The molecule has 0 fully saturated rings. The lowest BCUT2D eigenvalue weighted by atomic mass is 10.1. The van der Waals surface area contributed by atoms with Gasteiger partial charge in [-0.25, -0.2) is 0 Å². The Labute approximate surface area is 186 Å². The van der Waals surface area contributed by atoms with Crippen LogP contribution < -0.4 is 10.1 Å². The number of hydrogen-bond acceptors (Lipinski definition) is 4. The van der Waals surface area contributed by atoms with Gasteiger partial charge in [0, 0.05) is 12.7 Å². The van der Waals surface area contributed by atoms with Crippen molar-refractivity contribution in [3.05, 3.63) is 95.3 Å². The van der Waals surface area contributed by atoms with Gasteiger partial charge in [0.05, 0.1) is 17.3 Å². The van der Waals surface area contributed by atoms with E-state index in [1.165, 1.54) is 4.90 Å². The fourth-order valence-electron chi connectivity index (χ4n) is 2.98. The van der Waals surface area contributed by atoms with Crippen molar-refractivity contribution in [2.75, 3.05) is 6.61 Å². The molecule has 1 atom stereocenters. The zero-order chi connectivity index (χ0) is 22.1. The Kier molecular flexibility index (Phi) is 8.01. The van der Waals surface area contributed by atoms with E-state index >= 15 is 0 Å². The Balaban J connectivity index is 1.69. The maximum absolute atomic E-state index is 13.0. The molecule has 0 aliphatic carbocycles. The highest BCUT2D eigenvalue weighted by Gasteiger charge is 2.26. The van der Waals surface area contributed by atoms with Crippen LogP contribution in [0.4, 0.5) is 0 Å². The van der Waals surface area contributed by atoms with Crippen molar-refractivity contribution in [3.8, 4) is 5.75 Å². The van der Waals surface area contributed by atoms with Crippen LogP contribution in [0.5, 0.6) is 5.75 Å². The van der Waals surface area contributed by atoms with Crippen LogP contribution in [-0.4, -0.2) is 34.3 Å². The number of amides is 2. The number of para-hydroxylation sites is 1. The Morgan fingerprint density at radius 3 is 2.45 bits per heavy atom. The average molecular weight is 438 g/mol. The Hall–Kier alpha value is -3.38. The van der Waals surface area contributed by atoms with Gasteiger partial charge in [-0.15, -0.1) is 0 Å². The summed E-state index contributed by atoms with van der Waals surface area (Å²) in [5.74, 6) is -0.165. The third-order valence-corrected chi connectivity index (χ3v) is 5.03. The van der Waals surface area contributed by atoms with Crippen molar-refractivity contribution in [2.24, 2.45) is 0 Å². The van der Waals surface area contributed by atoms with Crippen molar-refractivity contribution >= 4 is 23.4 Å². The first-order chi connectivity index (χ1) is 15.0. The van der Waals surface area contributed by atoms with Gasteiger partial charge in [-0.3, -0.25) is 14.6 Å². The van der Waals surface area contributed by atoms with Crippen molar-refractivity contribution < 1.29 is 14.3 Å². The van der Waals surface area contributed by atoms with Gasteiger partial charge in [0.15, 0.2) is 6.61 Å². The molecule has 0 aliphatic heterocycles. The first-order valence-corrected chi connectivity index (χ1v) is 10.3. The van der Waals surface area contributed by atoms with Crippen LogP contribution in [0.1, 0.15) is 18.2 Å². The maximum atomic E-state index is 13.0. The molecule has 0 aliphatic rings. The Morgan fingerprint density at radius 2 is 1.74 bits per heavy atom. The molecule has 1 N–H and O–H groups in total. The fourth-order valence-corrected chi connectivity index (χ4v) is 3.17. The summed E-state index contributed by atoms with van der Waals surface area (Å²) in [6.07, 6.45) is 1.67. The van der Waals surface area contributed by atoms with Crippen molar-refractivity contribution in [1.82, 2.24) is 15.2 Å². The molecule has 1 unspecified atom stereocenters. The van der Waals surface area contributed by atoms with Crippen LogP contribution in [0.2, 0.25) is 5.02 Å². The highest BCUT2D eigenvalue weighted by atomic mass is 35.5. The van der Waals surface area contributed by atoms with Gasteiger partial charge < -0.3 is 15.0 Å². The number of nitrogens with zero attached hydrogens (tertiary/aromatic N) is 2. The molecule has 0 radical (unpaired) electrons. The minimum Gasteiger partial charge on any atom is -0.482 e. The second-order valence-electron chi connectivity index (χ2n) is 6.94. The van der Waals surface area contributed by atoms with Crippen LogP contribution in [0.3, 0.4) is 0 Å². The van der Waals surface area contributed by atoms with E-state index in [4.69, 9.17) is 16.3 Å². The predicted molar refractivity (Wildman–Crippen MR) is 119 cm³/mol. The SMILES string of the molecule is CC(C(=O)NCc1ccccn1)N(Cc1ccccc1)C(=O)COc1ccccc1Cl. The lowest BCUT2D eigenvalue weighted by Crippen LogP contribution is -2.48. The van der Waals surface area contributed by atoms with E-state index in [1.54, 1.807) is 37.4 Å². The lowest BCUT2D eigenvalue weighted by Gasteiger charge is -2.28. The largest absolute Gasteiger partial charge is 0.482 e. The van der Waals surface area contributed by atoms with E-state index < -0.39 is 6.04 Å². The Bertz CT molecular complexity index is 999. The van der Waals surface area contributed by atoms with E-state index in [0.717, 1.165) is 11.3 Å². The minimum atomic E-state index is -0.703. The van der Waals surface area contributed by atoms with E-state index in [0.29, 0.717) is 10.8 Å². The summed E-state index contributed by atoms with van der Waals surface area (Å²) >= 11 is 6.11. The highest BCUT2D eigenvalue weighted by Crippen LogP contribution is 2.23. The molecule has 3 rings (SSSR count). The van der Waals surface area contributed by atoms with Crippen LogP contribution in [0, 0.1) is 0 Å². The quantitative estimate of drug-likeness (QED) is 0.552. The van der Waals surface area contributed by atoms with Crippen LogP contribution >= 0.6 is 11.6 Å². The summed E-state index contributed by atoms with van der Waals surface area (Å²) in [4.78, 5) is 31.5. The number of benzene rings is 2. The smallest absolute Gasteiger partial charge is 0.261 e. The number of pyridine rings is 1. The molecule has 3 aromatic rings. The number of carbonyl (C=O) groups is 2. The first-order valence-electron chi connectivity index (χ1n) is 9.93. The topological polar surface area (TPSA) is 71.5 Å². The lowest BCUT2D eigenvalue weighted by molar-refractivity contribution is -0.142. The van der Waals surface area contributed by atoms with Crippen molar-refractivity contribution in [2.45, 2.75) is 26.1 Å². The molecule has 160 valence electrons. The van der Waals surface area contributed by atoms with Gasteiger partial charge in [0.2, 0.25) is 5.91 Å². The summed E-state index contributed by atoms with van der Waals surface area (Å²) in [6.45, 7) is 2.04. The molecule has 2 amide bonds. The van der Waals surface area contributed by atoms with Gasteiger partial charge in [-0.05, 0) is 36.8 Å². The molecule has 31 heavy (non-hydrogen) atoms. The van der Waals surface area contributed by atoms with Gasteiger partial charge in [0.1, 0.15) is 11.8 Å². The normalized spacial score (nSPS) is 11.4. The molecule has 7 heteroatoms. The van der Waals surface area contributed by atoms with E-state index in [2.05, 4.69) is 10.3 Å².